The molecule has 0 aliphatic rings. The summed E-state index contributed by atoms with van der Waals surface area (Å²) in [5.74, 6) is 0.559. The fraction of sp³-hybridized carbons (Fsp3) is 0.438. The Morgan fingerprint density at radius 1 is 1.06 bits per heavy atom. The molecular weight excluding hydrogens is 206 g/mol. The summed E-state index contributed by atoms with van der Waals surface area (Å²) in [5, 5.41) is 1.24. The van der Waals surface area contributed by atoms with Crippen molar-refractivity contribution in [2.45, 2.75) is 46.0 Å². The molecule has 1 aromatic carbocycles. The average Bonchev–Trinajstić information content (AvgIpc) is 2.26. The van der Waals surface area contributed by atoms with Crippen molar-refractivity contribution in [3.05, 3.63) is 41.6 Å². The lowest BCUT2D eigenvalue weighted by atomic mass is 9.87. The molecule has 90 valence electrons. The Morgan fingerprint density at radius 2 is 1.76 bits per heavy atom. The van der Waals surface area contributed by atoms with Crippen LogP contribution >= 0.6 is 0 Å². The fourth-order valence-electron chi connectivity index (χ4n) is 1.91. The Morgan fingerprint density at radius 3 is 2.35 bits per heavy atom. The zero-order valence-electron chi connectivity index (χ0n) is 11.4. The molecule has 0 amide bonds. The molecule has 1 nitrogen and oxygen atoms in total. The number of hydrogen-bond donors (Lipinski definition) is 0. The molecule has 0 saturated carbocycles. The molecule has 1 heterocycles. The van der Waals surface area contributed by atoms with Gasteiger partial charge in [-0.15, -0.1) is 0 Å². The minimum absolute atomic E-state index is 0.165. The van der Waals surface area contributed by atoms with Crippen LogP contribution in [0.5, 0.6) is 0 Å². The van der Waals surface area contributed by atoms with Crippen LogP contribution in [0.4, 0.5) is 0 Å². The lowest BCUT2D eigenvalue weighted by Crippen LogP contribution is -2.11. The van der Waals surface area contributed by atoms with Crippen LogP contribution in [-0.2, 0) is 5.41 Å². The number of pyridine rings is 1. The van der Waals surface area contributed by atoms with Gasteiger partial charge in [-0.05, 0) is 34.6 Å². The molecule has 17 heavy (non-hydrogen) atoms. The van der Waals surface area contributed by atoms with Gasteiger partial charge in [0, 0.05) is 11.6 Å². The first-order chi connectivity index (χ1) is 7.88. The van der Waals surface area contributed by atoms with Crippen LogP contribution in [0.25, 0.3) is 10.9 Å². The van der Waals surface area contributed by atoms with Crippen LogP contribution in [0.3, 0.4) is 0 Å². The third kappa shape index (κ3) is 2.49. The molecule has 0 aliphatic heterocycles. The van der Waals surface area contributed by atoms with Crippen molar-refractivity contribution in [1.82, 2.24) is 4.98 Å². The molecule has 1 heteroatoms. The van der Waals surface area contributed by atoms with Crippen LogP contribution in [-0.4, -0.2) is 4.98 Å². The number of aromatic nitrogens is 1. The van der Waals surface area contributed by atoms with Gasteiger partial charge in [0.05, 0.1) is 5.52 Å². The maximum Gasteiger partial charge on any atom is 0.0705 e. The third-order valence-corrected chi connectivity index (χ3v) is 3.24. The second-order valence-corrected chi connectivity index (χ2v) is 6.08. The van der Waals surface area contributed by atoms with Crippen molar-refractivity contribution in [3.63, 3.8) is 0 Å². The highest BCUT2D eigenvalue weighted by atomic mass is 14.7. The zero-order chi connectivity index (χ0) is 12.6. The Hall–Kier alpha value is -1.37. The smallest absolute Gasteiger partial charge is 0.0705 e. The minimum Gasteiger partial charge on any atom is -0.256 e. The van der Waals surface area contributed by atoms with Gasteiger partial charge in [-0.2, -0.15) is 0 Å². The van der Waals surface area contributed by atoms with E-state index in [1.807, 2.05) is 6.20 Å². The van der Waals surface area contributed by atoms with Crippen molar-refractivity contribution in [1.29, 1.82) is 0 Å². The summed E-state index contributed by atoms with van der Waals surface area (Å²) in [7, 11) is 0. The second kappa shape index (κ2) is 4.14. The number of rotatable bonds is 1. The lowest BCUT2D eigenvalue weighted by Gasteiger charge is -2.19. The monoisotopic (exact) mass is 227 g/mol. The molecule has 0 aliphatic carbocycles. The molecule has 0 N–H and O–H groups in total. The Kier molecular flexibility index (Phi) is 2.94. The van der Waals surface area contributed by atoms with E-state index in [2.05, 4.69) is 63.9 Å². The first kappa shape index (κ1) is 12.1. The predicted octanol–water partition coefficient (Wildman–Crippen LogP) is 4.66. The lowest BCUT2D eigenvalue weighted by molar-refractivity contribution is 0.589. The number of hydrogen-bond acceptors (Lipinski definition) is 1. The quantitative estimate of drug-likeness (QED) is 0.690. The summed E-state index contributed by atoms with van der Waals surface area (Å²) in [6, 6.07) is 8.85. The van der Waals surface area contributed by atoms with E-state index in [-0.39, 0.29) is 5.41 Å². The first-order valence-electron chi connectivity index (χ1n) is 6.28. The highest BCUT2D eigenvalue weighted by molar-refractivity contribution is 5.80. The van der Waals surface area contributed by atoms with Gasteiger partial charge in [-0.1, -0.05) is 46.8 Å². The summed E-state index contributed by atoms with van der Waals surface area (Å²) in [5.41, 5.74) is 3.91. The molecule has 0 fully saturated rings. The normalized spacial score (nSPS) is 12.4. The molecule has 1 aromatic heterocycles. The molecular formula is C16H21N. The summed E-state index contributed by atoms with van der Waals surface area (Å²) < 4.78 is 0. The molecule has 0 bridgehead atoms. The molecule has 2 aromatic rings. The predicted molar refractivity (Wildman–Crippen MR) is 74.5 cm³/mol. The van der Waals surface area contributed by atoms with Gasteiger partial charge in [0.25, 0.3) is 0 Å². The van der Waals surface area contributed by atoms with Gasteiger partial charge in [0.1, 0.15) is 0 Å². The molecule has 0 spiro atoms. The Labute approximate surface area is 104 Å². The number of benzene rings is 1. The van der Waals surface area contributed by atoms with Crippen LogP contribution in [0.15, 0.2) is 30.5 Å². The van der Waals surface area contributed by atoms with E-state index in [0.717, 1.165) is 5.52 Å². The van der Waals surface area contributed by atoms with Gasteiger partial charge < -0.3 is 0 Å². The molecule has 0 atom stereocenters. The molecule has 0 unspecified atom stereocenters. The summed E-state index contributed by atoms with van der Waals surface area (Å²) in [6.45, 7) is 11.1. The highest BCUT2D eigenvalue weighted by Crippen LogP contribution is 2.26. The van der Waals surface area contributed by atoms with E-state index in [9.17, 15) is 0 Å². The van der Waals surface area contributed by atoms with Crippen LogP contribution < -0.4 is 0 Å². The van der Waals surface area contributed by atoms with E-state index in [1.54, 1.807) is 0 Å². The van der Waals surface area contributed by atoms with Crippen molar-refractivity contribution >= 4 is 10.9 Å². The van der Waals surface area contributed by atoms with Crippen LogP contribution in [0, 0.1) is 0 Å². The number of nitrogens with zero attached hydrogens (tertiary/aromatic N) is 1. The topological polar surface area (TPSA) is 12.9 Å². The standard InChI is InChI=1S/C16H21N/c1-11(2)12-6-7-13-8-14(16(3,4)5)10-17-15(13)9-12/h6-11H,1-5H3. The summed E-state index contributed by atoms with van der Waals surface area (Å²) >= 11 is 0. The van der Waals surface area contributed by atoms with Gasteiger partial charge in [0.2, 0.25) is 0 Å². The maximum atomic E-state index is 4.59. The third-order valence-electron chi connectivity index (χ3n) is 3.24. The van der Waals surface area contributed by atoms with Gasteiger partial charge in [-0.25, -0.2) is 0 Å². The fourth-order valence-corrected chi connectivity index (χ4v) is 1.91. The van der Waals surface area contributed by atoms with E-state index in [4.69, 9.17) is 0 Å². The van der Waals surface area contributed by atoms with Gasteiger partial charge in [0.15, 0.2) is 0 Å². The summed E-state index contributed by atoms with van der Waals surface area (Å²) in [4.78, 5) is 4.59. The van der Waals surface area contributed by atoms with Crippen molar-refractivity contribution in [2.75, 3.05) is 0 Å². The van der Waals surface area contributed by atoms with E-state index >= 15 is 0 Å². The largest absolute Gasteiger partial charge is 0.256 e. The number of fused-ring (bicyclic) bond motifs is 1. The molecule has 2 rings (SSSR count). The maximum absolute atomic E-state index is 4.59. The Bertz CT molecular complexity index is 533. The average molecular weight is 227 g/mol. The first-order valence-corrected chi connectivity index (χ1v) is 6.28. The van der Waals surface area contributed by atoms with Crippen molar-refractivity contribution in [2.24, 2.45) is 0 Å². The van der Waals surface area contributed by atoms with Crippen LogP contribution in [0.2, 0.25) is 0 Å². The molecule has 0 saturated heterocycles. The second-order valence-electron chi connectivity index (χ2n) is 6.08. The highest BCUT2D eigenvalue weighted by Gasteiger charge is 2.14. The van der Waals surface area contributed by atoms with Gasteiger partial charge >= 0.3 is 0 Å². The van der Waals surface area contributed by atoms with E-state index < -0.39 is 0 Å². The minimum atomic E-state index is 0.165. The van der Waals surface area contributed by atoms with Crippen molar-refractivity contribution < 1.29 is 0 Å². The summed E-state index contributed by atoms with van der Waals surface area (Å²) in [6.07, 6.45) is 2.01. The Balaban J connectivity index is 2.54. The van der Waals surface area contributed by atoms with Gasteiger partial charge in [-0.3, -0.25) is 4.98 Å². The molecule has 0 radical (unpaired) electrons. The van der Waals surface area contributed by atoms with E-state index in [1.165, 1.54) is 16.5 Å². The van der Waals surface area contributed by atoms with E-state index in [0.29, 0.717) is 5.92 Å². The van der Waals surface area contributed by atoms with Crippen molar-refractivity contribution in [3.8, 4) is 0 Å². The van der Waals surface area contributed by atoms with Crippen LogP contribution in [0.1, 0.15) is 51.7 Å². The zero-order valence-corrected chi connectivity index (χ0v) is 11.4. The SMILES string of the molecule is CC(C)c1ccc2cc(C(C)(C)C)cnc2c1.